The summed E-state index contributed by atoms with van der Waals surface area (Å²) < 4.78 is 13.0. The van der Waals surface area contributed by atoms with Crippen LogP contribution in [0.4, 0.5) is 4.39 Å². The summed E-state index contributed by atoms with van der Waals surface area (Å²) in [5.74, 6) is -1.47. The molecule has 64 valence electrons. The molecule has 0 aromatic heterocycles. The van der Waals surface area contributed by atoms with Crippen LogP contribution in [0.2, 0.25) is 5.02 Å². The molecular formula is C8H6ClFO2. The van der Waals surface area contributed by atoms with Crippen LogP contribution in [0.15, 0.2) is 12.1 Å². The number of hydrogen-bond acceptors (Lipinski definition) is 2. The second-order valence-corrected chi connectivity index (χ2v) is 2.75. The molecule has 1 aromatic rings. The van der Waals surface area contributed by atoms with Crippen molar-refractivity contribution in [2.75, 3.05) is 0 Å². The van der Waals surface area contributed by atoms with Crippen LogP contribution in [0.1, 0.15) is 17.3 Å². The molecule has 0 heterocycles. The third-order valence-electron chi connectivity index (χ3n) is 1.39. The van der Waals surface area contributed by atoms with Crippen LogP contribution in [0, 0.1) is 5.82 Å². The second-order valence-electron chi connectivity index (χ2n) is 2.35. The molecule has 1 rings (SSSR count). The highest BCUT2D eigenvalue weighted by molar-refractivity contribution is 6.31. The summed E-state index contributed by atoms with van der Waals surface area (Å²) in [5.41, 5.74) is -0.194. The number of Topliss-reactive ketones (excluding diaryl/α,β-unsaturated/α-hetero) is 1. The van der Waals surface area contributed by atoms with Crippen molar-refractivity contribution in [2.45, 2.75) is 6.92 Å². The molecule has 2 nitrogen and oxygen atoms in total. The Kier molecular flexibility index (Phi) is 2.33. The van der Waals surface area contributed by atoms with Crippen molar-refractivity contribution < 1.29 is 14.3 Å². The monoisotopic (exact) mass is 188 g/mol. The van der Waals surface area contributed by atoms with Crippen molar-refractivity contribution in [3.05, 3.63) is 28.5 Å². The Morgan fingerprint density at radius 1 is 1.58 bits per heavy atom. The van der Waals surface area contributed by atoms with Crippen molar-refractivity contribution >= 4 is 17.4 Å². The number of carbonyl (C=O) groups is 1. The Bertz CT molecular complexity index is 336. The van der Waals surface area contributed by atoms with Gasteiger partial charge in [-0.2, -0.15) is 0 Å². The lowest BCUT2D eigenvalue weighted by molar-refractivity contribution is 0.101. The minimum Gasteiger partial charge on any atom is -0.508 e. The second kappa shape index (κ2) is 3.11. The fraction of sp³-hybridized carbons (Fsp3) is 0.125. The van der Waals surface area contributed by atoms with E-state index >= 15 is 0 Å². The summed E-state index contributed by atoms with van der Waals surface area (Å²) in [5, 5.41) is 8.71. The van der Waals surface area contributed by atoms with E-state index < -0.39 is 11.6 Å². The molecule has 0 aliphatic heterocycles. The van der Waals surface area contributed by atoms with Gasteiger partial charge in [0.25, 0.3) is 0 Å². The molecule has 0 spiro atoms. The maximum Gasteiger partial charge on any atom is 0.162 e. The van der Waals surface area contributed by atoms with Gasteiger partial charge in [0, 0.05) is 6.07 Å². The zero-order valence-corrected chi connectivity index (χ0v) is 7.02. The van der Waals surface area contributed by atoms with E-state index in [0.29, 0.717) is 0 Å². The van der Waals surface area contributed by atoms with E-state index in [1.807, 2.05) is 0 Å². The third kappa shape index (κ3) is 1.56. The average molecular weight is 189 g/mol. The van der Waals surface area contributed by atoms with E-state index in [1.165, 1.54) is 6.92 Å². The topological polar surface area (TPSA) is 37.3 Å². The van der Waals surface area contributed by atoms with Crippen molar-refractivity contribution in [1.29, 1.82) is 0 Å². The molecule has 0 aliphatic carbocycles. The molecule has 0 aliphatic rings. The highest BCUT2D eigenvalue weighted by Gasteiger charge is 2.12. The van der Waals surface area contributed by atoms with Crippen LogP contribution in [-0.2, 0) is 0 Å². The van der Waals surface area contributed by atoms with Gasteiger partial charge in [-0.15, -0.1) is 0 Å². The predicted molar refractivity (Wildman–Crippen MR) is 43.1 cm³/mol. The fourth-order valence-electron chi connectivity index (χ4n) is 0.831. The first kappa shape index (κ1) is 9.00. The quantitative estimate of drug-likeness (QED) is 0.687. The Morgan fingerprint density at radius 2 is 2.17 bits per heavy atom. The molecule has 4 heteroatoms. The molecule has 0 amide bonds. The highest BCUT2D eigenvalue weighted by atomic mass is 35.5. The van der Waals surface area contributed by atoms with Crippen LogP contribution >= 0.6 is 11.6 Å². The van der Waals surface area contributed by atoms with Gasteiger partial charge in [0.1, 0.15) is 5.75 Å². The van der Waals surface area contributed by atoms with Crippen LogP contribution in [0.3, 0.4) is 0 Å². The number of benzene rings is 1. The van der Waals surface area contributed by atoms with Gasteiger partial charge >= 0.3 is 0 Å². The van der Waals surface area contributed by atoms with Crippen LogP contribution in [0.5, 0.6) is 5.75 Å². The van der Waals surface area contributed by atoms with Gasteiger partial charge in [0.05, 0.1) is 10.6 Å². The lowest BCUT2D eigenvalue weighted by Crippen LogP contribution is -1.97. The lowest BCUT2D eigenvalue weighted by atomic mass is 10.1. The lowest BCUT2D eigenvalue weighted by Gasteiger charge is -2.01. The van der Waals surface area contributed by atoms with E-state index in [-0.39, 0.29) is 16.3 Å². The molecule has 1 N–H and O–H groups in total. The van der Waals surface area contributed by atoms with Crippen LogP contribution in [-0.4, -0.2) is 10.9 Å². The highest BCUT2D eigenvalue weighted by Crippen LogP contribution is 2.24. The van der Waals surface area contributed by atoms with Gasteiger partial charge in [0.15, 0.2) is 11.6 Å². The molecule has 0 bridgehead atoms. The van der Waals surface area contributed by atoms with Crippen molar-refractivity contribution in [3.63, 3.8) is 0 Å². The first-order valence-corrected chi connectivity index (χ1v) is 3.59. The van der Waals surface area contributed by atoms with E-state index in [0.717, 1.165) is 12.1 Å². The Morgan fingerprint density at radius 3 is 2.67 bits per heavy atom. The zero-order chi connectivity index (χ0) is 9.30. The third-order valence-corrected chi connectivity index (χ3v) is 1.67. The number of phenols is 1. The molecule has 12 heavy (non-hydrogen) atoms. The molecule has 0 saturated heterocycles. The van der Waals surface area contributed by atoms with Gasteiger partial charge in [-0.3, -0.25) is 4.79 Å². The standard InChI is InChI=1S/C8H6ClFO2/c1-4(11)6-2-5(12)3-7(9)8(6)10/h2-3,12H,1H3. The number of halogens is 2. The minimum atomic E-state index is -0.790. The van der Waals surface area contributed by atoms with Crippen molar-refractivity contribution in [2.24, 2.45) is 0 Å². The van der Waals surface area contributed by atoms with E-state index in [4.69, 9.17) is 16.7 Å². The van der Waals surface area contributed by atoms with Crippen molar-refractivity contribution in [3.8, 4) is 5.75 Å². The summed E-state index contributed by atoms with van der Waals surface area (Å²) in [6.07, 6.45) is 0. The average Bonchev–Trinajstić information content (AvgIpc) is 1.96. The normalized spacial score (nSPS) is 9.92. The molecule has 0 unspecified atom stereocenters. The first-order valence-electron chi connectivity index (χ1n) is 3.21. The maximum atomic E-state index is 13.0. The van der Waals surface area contributed by atoms with Gasteiger partial charge in [-0.1, -0.05) is 11.6 Å². The van der Waals surface area contributed by atoms with Gasteiger partial charge < -0.3 is 5.11 Å². The predicted octanol–water partition coefficient (Wildman–Crippen LogP) is 2.39. The van der Waals surface area contributed by atoms with Gasteiger partial charge in [-0.05, 0) is 13.0 Å². The van der Waals surface area contributed by atoms with E-state index in [1.54, 1.807) is 0 Å². The number of aromatic hydroxyl groups is 1. The molecule has 0 atom stereocenters. The van der Waals surface area contributed by atoms with Crippen LogP contribution in [0.25, 0.3) is 0 Å². The van der Waals surface area contributed by atoms with E-state index in [2.05, 4.69) is 0 Å². The molecular weight excluding hydrogens is 183 g/mol. The van der Waals surface area contributed by atoms with Gasteiger partial charge in [0.2, 0.25) is 0 Å². The Hall–Kier alpha value is -1.09. The number of carbonyl (C=O) groups excluding carboxylic acids is 1. The number of hydrogen-bond donors (Lipinski definition) is 1. The summed E-state index contributed by atoms with van der Waals surface area (Å²) >= 11 is 5.38. The molecule has 0 saturated carbocycles. The maximum absolute atomic E-state index is 13.0. The van der Waals surface area contributed by atoms with Crippen molar-refractivity contribution in [1.82, 2.24) is 0 Å². The molecule has 0 fully saturated rings. The zero-order valence-electron chi connectivity index (χ0n) is 6.27. The molecule has 0 radical (unpaired) electrons. The minimum absolute atomic E-state index is 0.194. The summed E-state index contributed by atoms with van der Waals surface area (Å²) in [7, 11) is 0. The summed E-state index contributed by atoms with van der Waals surface area (Å²) in [6, 6.07) is 2.09. The Balaban J connectivity index is 3.37. The first-order chi connectivity index (χ1) is 5.52. The fourth-order valence-corrected chi connectivity index (χ4v) is 1.04. The largest absolute Gasteiger partial charge is 0.508 e. The van der Waals surface area contributed by atoms with Crippen LogP contribution < -0.4 is 0 Å². The Labute approximate surface area is 73.6 Å². The number of rotatable bonds is 1. The smallest absolute Gasteiger partial charge is 0.162 e. The SMILES string of the molecule is CC(=O)c1cc(O)cc(Cl)c1F. The molecule has 1 aromatic carbocycles. The van der Waals surface area contributed by atoms with E-state index in [9.17, 15) is 9.18 Å². The summed E-state index contributed by atoms with van der Waals surface area (Å²) in [6.45, 7) is 1.20. The number of ketones is 1. The van der Waals surface area contributed by atoms with Gasteiger partial charge in [-0.25, -0.2) is 4.39 Å². The summed E-state index contributed by atoms with van der Waals surface area (Å²) in [4.78, 5) is 10.8. The number of phenolic OH excluding ortho intramolecular Hbond substituents is 1.